The topological polar surface area (TPSA) is 40.5 Å². The molecule has 1 aromatic rings. The van der Waals surface area contributed by atoms with Gasteiger partial charge in [0, 0.05) is 25.3 Å². The lowest BCUT2D eigenvalue weighted by Crippen LogP contribution is -2.45. The Bertz CT molecular complexity index is 625. The van der Waals surface area contributed by atoms with Gasteiger partial charge in [-0.05, 0) is 55.9 Å². The minimum absolute atomic E-state index is 0.0345. The molecule has 1 N–H and O–H groups in total. The maximum absolute atomic E-state index is 12.8. The molecule has 0 aromatic heterocycles. The van der Waals surface area contributed by atoms with Crippen molar-refractivity contribution in [3.05, 3.63) is 41.5 Å². The van der Waals surface area contributed by atoms with Crippen molar-refractivity contribution in [2.75, 3.05) is 13.2 Å². The van der Waals surface area contributed by atoms with Crippen LogP contribution in [0.15, 0.2) is 30.3 Å². The molecular formula is C18H22F3NO2. The summed E-state index contributed by atoms with van der Waals surface area (Å²) in [6.07, 6.45) is -1.34. The smallest absolute Gasteiger partial charge is 0.396 e. The molecule has 0 saturated carbocycles. The number of aliphatic hydroxyl groups is 1. The fraction of sp³-hybridized carbons (Fsp3) is 0.500. The lowest BCUT2D eigenvalue weighted by atomic mass is 9.93. The molecule has 1 aromatic carbocycles. The Hall–Kier alpha value is -1.82. The van der Waals surface area contributed by atoms with Crippen molar-refractivity contribution < 1.29 is 23.1 Å². The van der Waals surface area contributed by atoms with Crippen LogP contribution in [0.3, 0.4) is 0 Å². The molecule has 0 aliphatic carbocycles. The second-order valence-electron chi connectivity index (χ2n) is 6.37. The number of rotatable bonds is 3. The van der Waals surface area contributed by atoms with Crippen molar-refractivity contribution in [3.63, 3.8) is 0 Å². The van der Waals surface area contributed by atoms with Gasteiger partial charge in [-0.2, -0.15) is 13.2 Å². The molecule has 0 radical (unpaired) electrons. The summed E-state index contributed by atoms with van der Waals surface area (Å²) in [5.74, 6) is -0.164. The number of benzene rings is 1. The van der Waals surface area contributed by atoms with Crippen LogP contribution in [0.2, 0.25) is 0 Å². The van der Waals surface area contributed by atoms with Crippen LogP contribution in [0, 0.1) is 5.92 Å². The number of piperidine rings is 1. The quantitative estimate of drug-likeness (QED) is 0.851. The summed E-state index contributed by atoms with van der Waals surface area (Å²) in [4.78, 5) is 14.2. The molecule has 1 heterocycles. The summed E-state index contributed by atoms with van der Waals surface area (Å²) in [5, 5.41) is 9.28. The van der Waals surface area contributed by atoms with Crippen molar-refractivity contribution in [2.24, 2.45) is 5.92 Å². The van der Waals surface area contributed by atoms with Gasteiger partial charge in [0.1, 0.15) is 0 Å². The van der Waals surface area contributed by atoms with Crippen molar-refractivity contribution in [3.8, 4) is 0 Å². The van der Waals surface area contributed by atoms with Crippen LogP contribution in [0.4, 0.5) is 13.2 Å². The number of hydrogen-bond donors (Lipinski definition) is 1. The first-order chi connectivity index (χ1) is 11.2. The Morgan fingerprint density at radius 1 is 1.38 bits per heavy atom. The third kappa shape index (κ3) is 4.38. The largest absolute Gasteiger partial charge is 0.416 e. The Balaban J connectivity index is 2.19. The van der Waals surface area contributed by atoms with E-state index in [4.69, 9.17) is 0 Å². The molecule has 1 aliphatic rings. The molecule has 1 fully saturated rings. The van der Waals surface area contributed by atoms with Crippen molar-refractivity contribution >= 4 is 11.5 Å². The molecular weight excluding hydrogens is 319 g/mol. The van der Waals surface area contributed by atoms with E-state index in [1.807, 2.05) is 6.92 Å². The fourth-order valence-electron chi connectivity index (χ4n) is 2.93. The SMILES string of the molecule is C/C(=C/C(=O)N1CC(CO)CCC1C)c1cccc(C(F)(F)F)c1. The third-order valence-electron chi connectivity index (χ3n) is 4.51. The summed E-state index contributed by atoms with van der Waals surface area (Å²) in [7, 11) is 0. The summed E-state index contributed by atoms with van der Waals surface area (Å²) < 4.78 is 38.4. The van der Waals surface area contributed by atoms with Crippen LogP contribution in [0.5, 0.6) is 0 Å². The predicted molar refractivity (Wildman–Crippen MR) is 86.1 cm³/mol. The van der Waals surface area contributed by atoms with Gasteiger partial charge in [0.25, 0.3) is 0 Å². The van der Waals surface area contributed by atoms with Gasteiger partial charge in [0.05, 0.1) is 5.56 Å². The van der Waals surface area contributed by atoms with E-state index < -0.39 is 11.7 Å². The number of carbonyl (C=O) groups is 1. The third-order valence-corrected chi connectivity index (χ3v) is 4.51. The molecule has 0 bridgehead atoms. The van der Waals surface area contributed by atoms with Crippen LogP contribution in [0.1, 0.15) is 37.8 Å². The van der Waals surface area contributed by atoms with E-state index >= 15 is 0 Å². The molecule has 2 atom stereocenters. The molecule has 3 nitrogen and oxygen atoms in total. The highest BCUT2D eigenvalue weighted by Gasteiger charge is 2.31. The highest BCUT2D eigenvalue weighted by Crippen LogP contribution is 2.31. The molecule has 6 heteroatoms. The van der Waals surface area contributed by atoms with Gasteiger partial charge in [0.15, 0.2) is 0 Å². The number of amides is 1. The molecule has 1 saturated heterocycles. The molecule has 132 valence electrons. The minimum Gasteiger partial charge on any atom is -0.396 e. The van der Waals surface area contributed by atoms with Crippen LogP contribution in [0.25, 0.3) is 5.57 Å². The number of halogens is 3. The van der Waals surface area contributed by atoms with Gasteiger partial charge in [-0.3, -0.25) is 4.79 Å². The number of alkyl halides is 3. The Kier molecular flexibility index (Phi) is 5.70. The van der Waals surface area contributed by atoms with Gasteiger partial charge in [-0.15, -0.1) is 0 Å². The molecule has 2 unspecified atom stereocenters. The second kappa shape index (κ2) is 7.38. The van der Waals surface area contributed by atoms with E-state index in [0.29, 0.717) is 17.7 Å². The van der Waals surface area contributed by atoms with Crippen LogP contribution in [-0.4, -0.2) is 35.1 Å². The first-order valence-electron chi connectivity index (χ1n) is 7.99. The second-order valence-corrected chi connectivity index (χ2v) is 6.37. The van der Waals surface area contributed by atoms with E-state index in [9.17, 15) is 23.1 Å². The predicted octanol–water partition coefficient (Wildman–Crippen LogP) is 3.73. The van der Waals surface area contributed by atoms with Crippen LogP contribution in [-0.2, 0) is 11.0 Å². The van der Waals surface area contributed by atoms with Gasteiger partial charge in [0.2, 0.25) is 5.91 Å². The first-order valence-corrected chi connectivity index (χ1v) is 7.99. The Labute approximate surface area is 139 Å². The normalized spacial score (nSPS) is 22.6. The molecule has 1 amide bonds. The Morgan fingerprint density at radius 3 is 2.71 bits per heavy atom. The van der Waals surface area contributed by atoms with Crippen LogP contribution < -0.4 is 0 Å². The van der Waals surface area contributed by atoms with E-state index in [0.717, 1.165) is 25.0 Å². The average molecular weight is 341 g/mol. The minimum atomic E-state index is -4.41. The average Bonchev–Trinajstić information content (AvgIpc) is 2.54. The molecule has 2 rings (SSSR count). The lowest BCUT2D eigenvalue weighted by molar-refractivity contribution is -0.137. The maximum Gasteiger partial charge on any atom is 0.416 e. The Morgan fingerprint density at radius 2 is 2.08 bits per heavy atom. The highest BCUT2D eigenvalue weighted by molar-refractivity contribution is 5.95. The van der Waals surface area contributed by atoms with E-state index in [2.05, 4.69) is 0 Å². The summed E-state index contributed by atoms with van der Waals surface area (Å²) in [6.45, 7) is 4.08. The summed E-state index contributed by atoms with van der Waals surface area (Å²) in [6, 6.07) is 5.02. The number of hydrogen-bond acceptors (Lipinski definition) is 2. The number of allylic oxidation sites excluding steroid dienone is 1. The highest BCUT2D eigenvalue weighted by atomic mass is 19.4. The number of carbonyl (C=O) groups excluding carboxylic acids is 1. The molecule has 24 heavy (non-hydrogen) atoms. The zero-order chi connectivity index (χ0) is 17.9. The van der Waals surface area contributed by atoms with E-state index in [-0.39, 0.29) is 24.5 Å². The number of nitrogens with zero attached hydrogens (tertiary/aromatic N) is 1. The van der Waals surface area contributed by atoms with Gasteiger partial charge in [-0.1, -0.05) is 12.1 Å². The number of likely N-dealkylation sites (tertiary alicyclic amines) is 1. The fourth-order valence-corrected chi connectivity index (χ4v) is 2.93. The summed E-state index contributed by atoms with van der Waals surface area (Å²) in [5.41, 5.74) is 0.137. The number of aliphatic hydroxyl groups excluding tert-OH is 1. The monoisotopic (exact) mass is 341 g/mol. The van der Waals surface area contributed by atoms with Gasteiger partial charge in [-0.25, -0.2) is 0 Å². The van der Waals surface area contributed by atoms with Crippen molar-refractivity contribution in [1.29, 1.82) is 0 Å². The van der Waals surface area contributed by atoms with E-state index in [1.165, 1.54) is 12.1 Å². The van der Waals surface area contributed by atoms with Gasteiger partial charge >= 0.3 is 6.18 Å². The van der Waals surface area contributed by atoms with Crippen molar-refractivity contribution in [1.82, 2.24) is 4.90 Å². The van der Waals surface area contributed by atoms with E-state index in [1.54, 1.807) is 17.9 Å². The zero-order valence-corrected chi connectivity index (χ0v) is 13.8. The molecule has 0 spiro atoms. The molecule has 1 aliphatic heterocycles. The standard InChI is InChI=1S/C18H22F3NO2/c1-12(15-4-3-5-16(9-15)18(19,20)21)8-17(24)22-10-14(11-23)7-6-13(22)2/h3-5,8-9,13-14,23H,6-7,10-11H2,1-2H3/b12-8-. The maximum atomic E-state index is 12.8. The van der Waals surface area contributed by atoms with Crippen LogP contribution >= 0.6 is 0 Å². The first kappa shape index (κ1) is 18.5. The summed E-state index contributed by atoms with van der Waals surface area (Å²) >= 11 is 0. The van der Waals surface area contributed by atoms with Crippen molar-refractivity contribution in [2.45, 2.75) is 38.9 Å². The van der Waals surface area contributed by atoms with Gasteiger partial charge < -0.3 is 10.0 Å². The zero-order valence-electron chi connectivity index (χ0n) is 13.8. The lowest BCUT2D eigenvalue weighted by Gasteiger charge is -2.37.